The van der Waals surface area contributed by atoms with Crippen LogP contribution in [0.5, 0.6) is 0 Å². The Morgan fingerprint density at radius 2 is 1.55 bits per heavy atom. The molecule has 0 N–H and O–H groups in total. The first kappa shape index (κ1) is 7.90. The summed E-state index contributed by atoms with van der Waals surface area (Å²) in [6.07, 6.45) is 0.673. The molecule has 2 atom stereocenters. The molecule has 11 heavy (non-hydrogen) atoms. The van der Waals surface area contributed by atoms with Gasteiger partial charge in [0.25, 0.3) is 0 Å². The molecular formula is C6H11O4P. The van der Waals surface area contributed by atoms with Gasteiger partial charge in [-0.05, 0) is 0 Å². The summed E-state index contributed by atoms with van der Waals surface area (Å²) in [5.74, 6) is 0. The van der Waals surface area contributed by atoms with Crippen molar-refractivity contribution in [3.05, 3.63) is 0 Å². The van der Waals surface area contributed by atoms with Crippen LogP contribution >= 0.6 is 9.03 Å². The molecule has 0 aromatic carbocycles. The van der Waals surface area contributed by atoms with Crippen molar-refractivity contribution in [3.63, 3.8) is 0 Å². The second-order valence-electron chi connectivity index (χ2n) is 2.62. The molecule has 0 radical (unpaired) electrons. The Balaban J connectivity index is 1.35. The van der Waals surface area contributed by atoms with E-state index in [1.807, 2.05) is 0 Å². The Kier molecular flexibility index (Phi) is 2.72. The molecule has 0 spiro atoms. The van der Waals surface area contributed by atoms with E-state index in [0.29, 0.717) is 25.4 Å². The predicted octanol–water partition coefficient (Wildman–Crippen LogP) is 0.326. The van der Waals surface area contributed by atoms with Crippen LogP contribution in [0.3, 0.4) is 0 Å². The molecule has 2 aliphatic heterocycles. The number of hydrogen-bond donors (Lipinski definition) is 0. The van der Waals surface area contributed by atoms with Gasteiger partial charge >= 0.3 is 0 Å². The molecule has 2 rings (SSSR count). The van der Waals surface area contributed by atoms with E-state index < -0.39 is 0 Å². The Hall–Kier alpha value is 0.270. The normalized spacial score (nSPS) is 34.9. The van der Waals surface area contributed by atoms with Crippen LogP contribution in [0.25, 0.3) is 0 Å². The summed E-state index contributed by atoms with van der Waals surface area (Å²) in [6.45, 7) is 3.03. The van der Waals surface area contributed by atoms with Gasteiger partial charge in [0.05, 0.1) is 26.4 Å². The largest absolute Gasteiger partial charge is 0.371 e. The third kappa shape index (κ3) is 3.45. The highest BCUT2D eigenvalue weighted by molar-refractivity contribution is 7.26. The van der Waals surface area contributed by atoms with Crippen LogP contribution in [0.15, 0.2) is 0 Å². The van der Waals surface area contributed by atoms with Gasteiger partial charge in [0, 0.05) is 0 Å². The van der Waals surface area contributed by atoms with E-state index in [2.05, 4.69) is 0 Å². The predicted molar refractivity (Wildman–Crippen MR) is 39.7 cm³/mol. The molecule has 2 aliphatic rings. The maximum absolute atomic E-state index is 5.16. The third-order valence-corrected chi connectivity index (χ3v) is 2.03. The van der Waals surface area contributed by atoms with Gasteiger partial charge < -0.3 is 18.5 Å². The minimum Gasteiger partial charge on any atom is -0.371 e. The summed E-state index contributed by atoms with van der Waals surface area (Å²) >= 11 is 0. The minimum absolute atomic E-state index is 0.138. The van der Waals surface area contributed by atoms with Gasteiger partial charge in [-0.1, -0.05) is 0 Å². The van der Waals surface area contributed by atoms with Gasteiger partial charge in [0.15, 0.2) is 9.03 Å². The van der Waals surface area contributed by atoms with E-state index in [-0.39, 0.29) is 9.03 Å². The van der Waals surface area contributed by atoms with E-state index in [1.54, 1.807) is 0 Å². The molecule has 64 valence electrons. The second kappa shape index (κ2) is 3.78. The summed E-state index contributed by atoms with van der Waals surface area (Å²) in [7, 11) is 0.138. The second-order valence-corrected chi connectivity index (χ2v) is 3.36. The highest BCUT2D eigenvalue weighted by atomic mass is 31.1. The standard InChI is InChI=1S/C6H11O4P/c1-5(7-1)3-9-11-10-4-6-2-8-6/h5-6,11H,1-4H2. The average Bonchev–Trinajstić information content (AvgIpc) is 2.83. The Bertz CT molecular complexity index is 110. The highest BCUT2D eigenvalue weighted by Crippen LogP contribution is 2.21. The van der Waals surface area contributed by atoms with Crippen molar-refractivity contribution < 1.29 is 18.5 Å². The van der Waals surface area contributed by atoms with E-state index in [0.717, 1.165) is 13.2 Å². The van der Waals surface area contributed by atoms with E-state index in [4.69, 9.17) is 18.5 Å². The zero-order valence-corrected chi connectivity index (χ0v) is 7.12. The zero-order chi connectivity index (χ0) is 7.52. The van der Waals surface area contributed by atoms with Crippen LogP contribution in [0.4, 0.5) is 0 Å². The first-order valence-electron chi connectivity index (χ1n) is 3.67. The molecular weight excluding hydrogens is 167 g/mol. The molecule has 2 unspecified atom stereocenters. The van der Waals surface area contributed by atoms with Crippen molar-refractivity contribution in [2.45, 2.75) is 12.2 Å². The third-order valence-electron chi connectivity index (χ3n) is 1.46. The van der Waals surface area contributed by atoms with Crippen LogP contribution in [0, 0.1) is 0 Å². The van der Waals surface area contributed by atoms with Crippen LogP contribution in [0.1, 0.15) is 0 Å². The Morgan fingerprint density at radius 3 is 1.91 bits per heavy atom. The smallest absolute Gasteiger partial charge is 0.155 e. The fourth-order valence-corrected chi connectivity index (χ4v) is 1.22. The minimum atomic E-state index is 0.138. The first-order chi connectivity index (χ1) is 5.45. The lowest BCUT2D eigenvalue weighted by Gasteiger charge is -2.00. The Morgan fingerprint density at radius 1 is 1.09 bits per heavy atom. The molecule has 0 saturated carbocycles. The van der Waals surface area contributed by atoms with E-state index >= 15 is 0 Å². The number of rotatable bonds is 6. The quantitative estimate of drug-likeness (QED) is 0.334. The number of epoxide rings is 2. The molecule has 0 aliphatic carbocycles. The molecule has 2 fully saturated rings. The first-order valence-corrected chi connectivity index (χ1v) is 4.48. The molecule has 4 nitrogen and oxygen atoms in total. The summed E-state index contributed by atoms with van der Waals surface area (Å²) < 4.78 is 20.2. The molecule has 0 aromatic rings. The monoisotopic (exact) mass is 178 g/mol. The van der Waals surface area contributed by atoms with Crippen molar-refractivity contribution in [2.24, 2.45) is 0 Å². The van der Waals surface area contributed by atoms with E-state index in [1.165, 1.54) is 0 Å². The molecule has 0 aromatic heterocycles. The SMILES string of the molecule is C(OPOCC1CO1)C1CO1. The maximum atomic E-state index is 5.16. The lowest BCUT2D eigenvalue weighted by atomic mass is 10.5. The van der Waals surface area contributed by atoms with Gasteiger partial charge in [-0.15, -0.1) is 0 Å². The molecule has 0 amide bonds. The summed E-state index contributed by atoms with van der Waals surface area (Å²) in [5, 5.41) is 0. The van der Waals surface area contributed by atoms with Crippen molar-refractivity contribution >= 4 is 9.03 Å². The zero-order valence-electron chi connectivity index (χ0n) is 6.12. The fourth-order valence-electron chi connectivity index (χ4n) is 0.624. The molecule has 5 heteroatoms. The van der Waals surface area contributed by atoms with Crippen LogP contribution in [-0.4, -0.2) is 38.6 Å². The van der Waals surface area contributed by atoms with Gasteiger partial charge in [0.1, 0.15) is 12.2 Å². The van der Waals surface area contributed by atoms with Crippen LogP contribution < -0.4 is 0 Å². The summed E-state index contributed by atoms with van der Waals surface area (Å²) in [4.78, 5) is 0. The van der Waals surface area contributed by atoms with Crippen molar-refractivity contribution in [1.82, 2.24) is 0 Å². The molecule has 2 saturated heterocycles. The van der Waals surface area contributed by atoms with Crippen molar-refractivity contribution in [3.8, 4) is 0 Å². The maximum Gasteiger partial charge on any atom is 0.155 e. The van der Waals surface area contributed by atoms with Gasteiger partial charge in [-0.2, -0.15) is 0 Å². The average molecular weight is 178 g/mol. The fraction of sp³-hybridized carbons (Fsp3) is 1.00. The Labute approximate surface area is 67.1 Å². The van der Waals surface area contributed by atoms with Gasteiger partial charge in [-0.3, -0.25) is 0 Å². The van der Waals surface area contributed by atoms with Crippen LogP contribution in [0.2, 0.25) is 0 Å². The topological polar surface area (TPSA) is 43.5 Å². The van der Waals surface area contributed by atoms with Crippen molar-refractivity contribution in [2.75, 3.05) is 26.4 Å². The number of hydrogen-bond acceptors (Lipinski definition) is 4. The van der Waals surface area contributed by atoms with E-state index in [9.17, 15) is 0 Å². The molecule has 0 bridgehead atoms. The summed E-state index contributed by atoms with van der Waals surface area (Å²) in [5.41, 5.74) is 0. The van der Waals surface area contributed by atoms with Gasteiger partial charge in [-0.25, -0.2) is 0 Å². The number of ether oxygens (including phenoxy) is 2. The van der Waals surface area contributed by atoms with Crippen molar-refractivity contribution in [1.29, 1.82) is 0 Å². The van der Waals surface area contributed by atoms with Crippen LogP contribution in [-0.2, 0) is 18.5 Å². The lowest BCUT2D eigenvalue weighted by molar-refractivity contribution is 0.224. The molecule has 2 heterocycles. The highest BCUT2D eigenvalue weighted by Gasteiger charge is 2.24. The lowest BCUT2D eigenvalue weighted by Crippen LogP contribution is -1.97. The van der Waals surface area contributed by atoms with Gasteiger partial charge in [0.2, 0.25) is 0 Å². The summed E-state index contributed by atoms with van der Waals surface area (Å²) in [6, 6.07) is 0.